The molecule has 0 aromatic heterocycles. The van der Waals surface area contributed by atoms with E-state index in [1.165, 1.54) is 6.92 Å². The fraction of sp³-hybridized carbons (Fsp3) is 0.800. The Labute approximate surface area is 62.1 Å². The molecular formula is C5H9F2NO3. The van der Waals surface area contributed by atoms with Gasteiger partial charge in [-0.05, 0) is 6.92 Å². The number of alkyl halides is 2. The average Bonchev–Trinajstić information content (AvgIpc) is 1.82. The van der Waals surface area contributed by atoms with Crippen molar-refractivity contribution in [1.29, 1.82) is 0 Å². The molecule has 0 radical (unpaired) electrons. The van der Waals surface area contributed by atoms with Crippen LogP contribution in [0.3, 0.4) is 0 Å². The van der Waals surface area contributed by atoms with Crippen LogP contribution in [0.5, 0.6) is 0 Å². The van der Waals surface area contributed by atoms with E-state index in [0.717, 1.165) is 0 Å². The summed E-state index contributed by atoms with van der Waals surface area (Å²) < 4.78 is 26.5. The van der Waals surface area contributed by atoms with Gasteiger partial charge in [-0.2, -0.15) is 8.78 Å². The van der Waals surface area contributed by atoms with E-state index in [2.05, 4.69) is 4.74 Å². The Hall–Kier alpha value is -0.910. The number of nitrogens with one attached hydrogen (secondary N) is 1. The molecule has 0 heterocycles. The van der Waals surface area contributed by atoms with Crippen molar-refractivity contribution in [1.82, 2.24) is 5.32 Å². The molecule has 0 saturated carbocycles. The number of halogens is 2. The zero-order chi connectivity index (χ0) is 8.85. The second-order valence-electron chi connectivity index (χ2n) is 1.94. The van der Waals surface area contributed by atoms with E-state index in [1.54, 1.807) is 0 Å². The molecule has 0 aliphatic rings. The first-order chi connectivity index (χ1) is 5.02. The first-order valence-electron chi connectivity index (χ1n) is 2.91. The largest absolute Gasteiger partial charge is 0.465 e. The molecule has 0 fully saturated rings. The number of ether oxygens (including phenoxy) is 1. The maximum atomic E-state index is 11.3. The molecule has 2 N–H and O–H groups in total. The molecule has 0 saturated heterocycles. The summed E-state index contributed by atoms with van der Waals surface area (Å²) in [7, 11) is 0. The van der Waals surface area contributed by atoms with E-state index in [9.17, 15) is 13.6 Å². The van der Waals surface area contributed by atoms with Gasteiger partial charge in [-0.3, -0.25) is 0 Å². The summed E-state index contributed by atoms with van der Waals surface area (Å²) in [6, 6.07) is -0.624. The summed E-state index contributed by atoms with van der Waals surface area (Å²) in [5.41, 5.74) is 0. The monoisotopic (exact) mass is 169 g/mol. The van der Waals surface area contributed by atoms with Crippen molar-refractivity contribution in [3.63, 3.8) is 0 Å². The number of amides is 1. The first kappa shape index (κ1) is 10.1. The van der Waals surface area contributed by atoms with Crippen LogP contribution in [0.1, 0.15) is 6.92 Å². The van der Waals surface area contributed by atoms with Crippen LogP contribution in [0, 0.1) is 0 Å². The Morgan fingerprint density at radius 3 is 2.64 bits per heavy atom. The lowest BCUT2D eigenvalue weighted by atomic mass is 10.4. The number of hydrogen-bond donors (Lipinski definition) is 2. The molecule has 4 nitrogen and oxygen atoms in total. The molecule has 0 rings (SSSR count). The van der Waals surface area contributed by atoms with Crippen LogP contribution >= 0.6 is 0 Å². The zero-order valence-corrected chi connectivity index (χ0v) is 5.88. The van der Waals surface area contributed by atoms with Gasteiger partial charge in [-0.15, -0.1) is 0 Å². The van der Waals surface area contributed by atoms with Gasteiger partial charge in [0, 0.05) is 0 Å². The van der Waals surface area contributed by atoms with E-state index >= 15 is 0 Å². The molecule has 1 amide bonds. The fourth-order valence-electron chi connectivity index (χ4n) is 0.470. The lowest BCUT2D eigenvalue weighted by Gasteiger charge is -2.10. The highest BCUT2D eigenvalue weighted by atomic mass is 19.3. The number of rotatable bonds is 4. The highest BCUT2D eigenvalue weighted by Gasteiger charge is 2.08. The first-order valence-corrected chi connectivity index (χ1v) is 2.91. The van der Waals surface area contributed by atoms with Crippen LogP contribution in [0.25, 0.3) is 0 Å². The van der Waals surface area contributed by atoms with Crippen LogP contribution < -0.4 is 5.32 Å². The molecule has 0 aliphatic carbocycles. The lowest BCUT2D eigenvalue weighted by Crippen LogP contribution is -2.35. The van der Waals surface area contributed by atoms with Crippen molar-refractivity contribution >= 4 is 6.09 Å². The van der Waals surface area contributed by atoms with Crippen LogP contribution in [0.2, 0.25) is 0 Å². The van der Waals surface area contributed by atoms with Gasteiger partial charge in [0.05, 0.1) is 12.6 Å². The minimum atomic E-state index is -2.85. The van der Waals surface area contributed by atoms with Gasteiger partial charge in [0.25, 0.3) is 0 Å². The summed E-state index contributed by atoms with van der Waals surface area (Å²) in [6.45, 7) is -1.76. The summed E-state index contributed by atoms with van der Waals surface area (Å²) in [5.74, 6) is 0. The van der Waals surface area contributed by atoms with Gasteiger partial charge in [0.1, 0.15) is 0 Å². The van der Waals surface area contributed by atoms with Crippen LogP contribution in [-0.2, 0) is 4.74 Å². The molecule has 66 valence electrons. The Kier molecular flexibility index (Phi) is 4.44. The summed E-state index contributed by atoms with van der Waals surface area (Å²) in [6.07, 6.45) is -1.25. The zero-order valence-electron chi connectivity index (χ0n) is 5.88. The third kappa shape index (κ3) is 6.98. The molecule has 1 atom stereocenters. The van der Waals surface area contributed by atoms with Crippen molar-refractivity contribution in [2.75, 3.05) is 6.61 Å². The Bertz CT molecular complexity index is 131. The van der Waals surface area contributed by atoms with Gasteiger partial charge in [-0.25, -0.2) is 4.79 Å². The molecular weight excluding hydrogens is 160 g/mol. The third-order valence-electron chi connectivity index (χ3n) is 0.842. The SMILES string of the molecule is C[C@@H](COC(F)F)NC(=O)O. The van der Waals surface area contributed by atoms with Crippen LogP contribution in [0.15, 0.2) is 0 Å². The van der Waals surface area contributed by atoms with Crippen LogP contribution in [-0.4, -0.2) is 30.5 Å². The molecule has 0 unspecified atom stereocenters. The molecule has 6 heteroatoms. The third-order valence-corrected chi connectivity index (χ3v) is 0.842. The van der Waals surface area contributed by atoms with Gasteiger partial charge in [0.2, 0.25) is 0 Å². The number of hydrogen-bond acceptors (Lipinski definition) is 2. The molecule has 0 spiro atoms. The van der Waals surface area contributed by atoms with Gasteiger partial charge in [0.15, 0.2) is 0 Å². The minimum Gasteiger partial charge on any atom is -0.465 e. The Morgan fingerprint density at radius 1 is 1.73 bits per heavy atom. The molecule has 0 bridgehead atoms. The fourth-order valence-corrected chi connectivity index (χ4v) is 0.470. The van der Waals surface area contributed by atoms with E-state index in [4.69, 9.17) is 5.11 Å². The molecule has 11 heavy (non-hydrogen) atoms. The van der Waals surface area contributed by atoms with Crippen molar-refractivity contribution in [3.8, 4) is 0 Å². The van der Waals surface area contributed by atoms with E-state index in [0.29, 0.717) is 0 Å². The predicted octanol–water partition coefficient (Wildman–Crippen LogP) is 0.882. The summed E-state index contributed by atoms with van der Waals surface area (Å²) in [4.78, 5) is 9.90. The molecule has 0 aromatic carbocycles. The summed E-state index contributed by atoms with van der Waals surface area (Å²) >= 11 is 0. The Morgan fingerprint density at radius 2 is 2.27 bits per heavy atom. The van der Waals surface area contributed by atoms with Gasteiger partial charge in [-0.1, -0.05) is 0 Å². The van der Waals surface area contributed by atoms with Gasteiger partial charge >= 0.3 is 12.7 Å². The van der Waals surface area contributed by atoms with E-state index < -0.39 is 18.7 Å². The minimum absolute atomic E-state index is 0.329. The maximum absolute atomic E-state index is 11.3. The van der Waals surface area contributed by atoms with Crippen molar-refractivity contribution in [2.45, 2.75) is 19.6 Å². The number of carboxylic acid groups (broad SMARTS) is 1. The average molecular weight is 169 g/mol. The smallest absolute Gasteiger partial charge is 0.404 e. The topological polar surface area (TPSA) is 58.6 Å². The normalized spacial score (nSPS) is 13.1. The maximum Gasteiger partial charge on any atom is 0.404 e. The Balaban J connectivity index is 3.37. The standard InChI is InChI=1S/C5H9F2NO3/c1-3(8-5(9)10)2-11-4(6)7/h3-4,8H,2H2,1H3,(H,9,10)/t3-/m0/s1. The second-order valence-corrected chi connectivity index (χ2v) is 1.94. The van der Waals surface area contributed by atoms with Gasteiger partial charge < -0.3 is 15.2 Å². The van der Waals surface area contributed by atoms with Crippen molar-refractivity contribution in [2.24, 2.45) is 0 Å². The lowest BCUT2D eigenvalue weighted by molar-refractivity contribution is -0.132. The second kappa shape index (κ2) is 4.84. The highest BCUT2D eigenvalue weighted by molar-refractivity contribution is 5.64. The molecule has 0 aliphatic heterocycles. The van der Waals surface area contributed by atoms with Crippen LogP contribution in [0.4, 0.5) is 13.6 Å². The van der Waals surface area contributed by atoms with E-state index in [-0.39, 0.29) is 6.61 Å². The quantitative estimate of drug-likeness (QED) is 0.656. The van der Waals surface area contributed by atoms with Crippen molar-refractivity contribution in [3.05, 3.63) is 0 Å². The predicted molar refractivity (Wildman–Crippen MR) is 32.6 cm³/mol. The van der Waals surface area contributed by atoms with Crippen molar-refractivity contribution < 1.29 is 23.4 Å². The van der Waals surface area contributed by atoms with E-state index in [1.807, 2.05) is 5.32 Å². The highest BCUT2D eigenvalue weighted by Crippen LogP contribution is 1.95. The molecule has 0 aromatic rings. The summed E-state index contributed by atoms with van der Waals surface area (Å²) in [5, 5.41) is 10.1. The number of carbonyl (C=O) groups is 1.